The number of carbonyl (C=O) groups is 1. The fourth-order valence-electron chi connectivity index (χ4n) is 1.60. The number of carbonyl (C=O) groups excluding carboxylic acids is 1. The van der Waals surface area contributed by atoms with Gasteiger partial charge in [0.15, 0.2) is 0 Å². The Bertz CT molecular complexity index is 213. The molecular formula is C11H21NO2. The van der Waals surface area contributed by atoms with Crippen LogP contribution in [0.15, 0.2) is 0 Å². The second kappa shape index (κ2) is 4.30. The monoisotopic (exact) mass is 199 g/mol. The van der Waals surface area contributed by atoms with E-state index in [4.69, 9.17) is 4.74 Å². The number of methoxy groups -OCH3 is 1. The Balaban J connectivity index is 2.18. The summed E-state index contributed by atoms with van der Waals surface area (Å²) in [4.78, 5) is 11.3. The average Bonchev–Trinajstić information content (AvgIpc) is 2.80. The van der Waals surface area contributed by atoms with E-state index in [9.17, 15) is 4.79 Å². The molecule has 3 nitrogen and oxygen atoms in total. The largest absolute Gasteiger partial charge is 0.469 e. The van der Waals surface area contributed by atoms with Crippen molar-refractivity contribution >= 4 is 5.97 Å². The van der Waals surface area contributed by atoms with E-state index >= 15 is 0 Å². The lowest BCUT2D eigenvalue weighted by atomic mass is 9.94. The van der Waals surface area contributed by atoms with Crippen LogP contribution in [-0.2, 0) is 9.53 Å². The van der Waals surface area contributed by atoms with E-state index in [0.717, 1.165) is 18.4 Å². The highest BCUT2D eigenvalue weighted by molar-refractivity contribution is 5.76. The maximum Gasteiger partial charge on any atom is 0.312 e. The minimum absolute atomic E-state index is 0.145. The summed E-state index contributed by atoms with van der Waals surface area (Å²) in [6.45, 7) is 7.80. The smallest absolute Gasteiger partial charge is 0.312 e. The number of hydrogen-bond acceptors (Lipinski definition) is 3. The third-order valence-corrected chi connectivity index (χ3v) is 2.99. The van der Waals surface area contributed by atoms with Gasteiger partial charge in [0.05, 0.1) is 12.5 Å². The molecule has 0 aromatic heterocycles. The van der Waals surface area contributed by atoms with Crippen LogP contribution < -0.4 is 5.32 Å². The SMILES string of the molecule is COC(=O)C(C)(C)CNCC1CC1C. The molecular weight excluding hydrogens is 178 g/mol. The minimum Gasteiger partial charge on any atom is -0.469 e. The van der Waals surface area contributed by atoms with Crippen molar-refractivity contribution in [2.45, 2.75) is 27.2 Å². The molecule has 1 fully saturated rings. The molecule has 2 atom stereocenters. The van der Waals surface area contributed by atoms with Crippen LogP contribution >= 0.6 is 0 Å². The zero-order valence-electron chi connectivity index (χ0n) is 9.59. The summed E-state index contributed by atoms with van der Waals surface area (Å²) in [5.41, 5.74) is -0.410. The standard InChI is InChI=1S/C11H21NO2/c1-8-5-9(8)6-12-7-11(2,3)10(13)14-4/h8-9,12H,5-7H2,1-4H3. The number of hydrogen-bond donors (Lipinski definition) is 1. The van der Waals surface area contributed by atoms with E-state index in [0.29, 0.717) is 6.54 Å². The van der Waals surface area contributed by atoms with Crippen molar-refractivity contribution < 1.29 is 9.53 Å². The zero-order valence-corrected chi connectivity index (χ0v) is 9.59. The van der Waals surface area contributed by atoms with Crippen molar-refractivity contribution in [2.24, 2.45) is 17.3 Å². The van der Waals surface area contributed by atoms with Crippen LogP contribution in [0.25, 0.3) is 0 Å². The lowest BCUT2D eigenvalue weighted by Gasteiger charge is -2.21. The normalized spacial score (nSPS) is 26.0. The van der Waals surface area contributed by atoms with Gasteiger partial charge in [-0.3, -0.25) is 4.79 Å². The van der Waals surface area contributed by atoms with Gasteiger partial charge in [0.25, 0.3) is 0 Å². The van der Waals surface area contributed by atoms with Gasteiger partial charge in [-0.05, 0) is 38.6 Å². The third kappa shape index (κ3) is 2.98. The molecule has 0 heterocycles. The third-order valence-electron chi connectivity index (χ3n) is 2.99. The van der Waals surface area contributed by atoms with E-state index in [-0.39, 0.29) is 5.97 Å². The summed E-state index contributed by atoms with van der Waals surface area (Å²) in [5.74, 6) is 1.54. The molecule has 14 heavy (non-hydrogen) atoms. The van der Waals surface area contributed by atoms with Gasteiger partial charge in [0, 0.05) is 6.54 Å². The molecule has 1 N–H and O–H groups in total. The Morgan fingerprint density at radius 1 is 1.57 bits per heavy atom. The summed E-state index contributed by atoms with van der Waals surface area (Å²) in [6.07, 6.45) is 1.33. The average molecular weight is 199 g/mol. The van der Waals surface area contributed by atoms with Gasteiger partial charge in [-0.15, -0.1) is 0 Å². The molecule has 0 amide bonds. The molecule has 1 aliphatic carbocycles. The minimum atomic E-state index is -0.410. The Morgan fingerprint density at radius 3 is 2.57 bits per heavy atom. The Kier molecular flexibility index (Phi) is 3.53. The number of nitrogens with one attached hydrogen (secondary N) is 1. The van der Waals surface area contributed by atoms with Gasteiger partial charge in [-0.1, -0.05) is 6.92 Å². The van der Waals surface area contributed by atoms with E-state index in [1.54, 1.807) is 0 Å². The van der Waals surface area contributed by atoms with Crippen LogP contribution in [0.4, 0.5) is 0 Å². The molecule has 0 aliphatic heterocycles. The van der Waals surface area contributed by atoms with Gasteiger partial charge in [0.1, 0.15) is 0 Å². The highest BCUT2D eigenvalue weighted by Crippen LogP contribution is 2.36. The summed E-state index contributed by atoms with van der Waals surface area (Å²) in [6, 6.07) is 0. The summed E-state index contributed by atoms with van der Waals surface area (Å²) < 4.78 is 4.73. The van der Waals surface area contributed by atoms with Crippen molar-refractivity contribution in [1.82, 2.24) is 5.32 Å². The summed E-state index contributed by atoms with van der Waals surface area (Å²) in [5, 5.41) is 3.33. The van der Waals surface area contributed by atoms with Crippen LogP contribution in [0, 0.1) is 17.3 Å². The number of rotatable bonds is 5. The van der Waals surface area contributed by atoms with E-state index < -0.39 is 5.41 Å². The highest BCUT2D eigenvalue weighted by atomic mass is 16.5. The summed E-state index contributed by atoms with van der Waals surface area (Å²) in [7, 11) is 1.44. The molecule has 1 aliphatic rings. The van der Waals surface area contributed by atoms with E-state index in [2.05, 4.69) is 12.2 Å². The Hall–Kier alpha value is -0.570. The molecule has 0 aromatic carbocycles. The van der Waals surface area contributed by atoms with Crippen molar-refractivity contribution in [1.29, 1.82) is 0 Å². The first kappa shape index (κ1) is 11.5. The second-order valence-electron chi connectivity index (χ2n) is 4.98. The van der Waals surface area contributed by atoms with Gasteiger partial charge in [-0.2, -0.15) is 0 Å². The fraction of sp³-hybridized carbons (Fsp3) is 0.909. The Labute approximate surface area is 86.2 Å². The molecule has 3 heteroatoms. The Morgan fingerprint density at radius 2 is 2.14 bits per heavy atom. The lowest BCUT2D eigenvalue weighted by Crippen LogP contribution is -2.37. The van der Waals surface area contributed by atoms with Gasteiger partial charge in [0.2, 0.25) is 0 Å². The quantitative estimate of drug-likeness (QED) is 0.681. The maximum atomic E-state index is 11.3. The molecule has 1 saturated carbocycles. The van der Waals surface area contributed by atoms with Gasteiger partial charge in [-0.25, -0.2) is 0 Å². The molecule has 0 radical (unpaired) electrons. The molecule has 2 unspecified atom stereocenters. The second-order valence-corrected chi connectivity index (χ2v) is 4.98. The van der Waals surface area contributed by atoms with Crippen LogP contribution in [0.3, 0.4) is 0 Å². The highest BCUT2D eigenvalue weighted by Gasteiger charge is 2.33. The van der Waals surface area contributed by atoms with Crippen molar-refractivity contribution in [2.75, 3.05) is 20.2 Å². The zero-order chi connectivity index (χ0) is 10.8. The lowest BCUT2D eigenvalue weighted by molar-refractivity contribution is -0.150. The van der Waals surface area contributed by atoms with Crippen LogP contribution in [0.2, 0.25) is 0 Å². The van der Waals surface area contributed by atoms with Crippen molar-refractivity contribution in [3.8, 4) is 0 Å². The fourth-order valence-corrected chi connectivity index (χ4v) is 1.60. The first-order valence-electron chi connectivity index (χ1n) is 5.26. The number of ether oxygens (including phenoxy) is 1. The van der Waals surface area contributed by atoms with Gasteiger partial charge < -0.3 is 10.1 Å². The molecule has 0 aromatic rings. The molecule has 1 rings (SSSR count). The predicted molar refractivity (Wildman–Crippen MR) is 55.9 cm³/mol. The first-order valence-corrected chi connectivity index (χ1v) is 5.26. The molecule has 82 valence electrons. The van der Waals surface area contributed by atoms with Crippen molar-refractivity contribution in [3.63, 3.8) is 0 Å². The van der Waals surface area contributed by atoms with E-state index in [1.165, 1.54) is 13.5 Å². The predicted octanol–water partition coefficient (Wildman–Crippen LogP) is 1.43. The summed E-state index contributed by atoms with van der Waals surface area (Å²) >= 11 is 0. The molecule has 0 bridgehead atoms. The van der Waals surface area contributed by atoms with Gasteiger partial charge >= 0.3 is 5.97 Å². The van der Waals surface area contributed by atoms with Crippen LogP contribution in [0.5, 0.6) is 0 Å². The van der Waals surface area contributed by atoms with Crippen LogP contribution in [-0.4, -0.2) is 26.2 Å². The van der Waals surface area contributed by atoms with Crippen molar-refractivity contribution in [3.05, 3.63) is 0 Å². The van der Waals surface area contributed by atoms with E-state index in [1.807, 2.05) is 13.8 Å². The molecule has 0 spiro atoms. The number of esters is 1. The van der Waals surface area contributed by atoms with Crippen LogP contribution in [0.1, 0.15) is 27.2 Å². The topological polar surface area (TPSA) is 38.3 Å². The first-order chi connectivity index (χ1) is 6.47. The maximum absolute atomic E-state index is 11.3. The molecule has 0 saturated heterocycles.